The molecule has 2 aromatic rings. The van der Waals surface area contributed by atoms with E-state index in [1.165, 1.54) is 11.3 Å². The molecule has 55 heavy (non-hydrogen) atoms. The van der Waals surface area contributed by atoms with E-state index in [9.17, 15) is 19.8 Å². The Morgan fingerprint density at radius 3 is 2.53 bits per heavy atom. The molecule has 3 heterocycles. The number of fused-ring (bicyclic) bond motifs is 11. The van der Waals surface area contributed by atoms with E-state index in [4.69, 9.17) is 4.74 Å². The van der Waals surface area contributed by atoms with E-state index < -0.39 is 34.9 Å². The summed E-state index contributed by atoms with van der Waals surface area (Å²) in [5, 5.41) is 28.2. The van der Waals surface area contributed by atoms with Gasteiger partial charge in [-0.05, 0) is 125 Å². The van der Waals surface area contributed by atoms with Crippen molar-refractivity contribution in [2.75, 3.05) is 18.1 Å². The normalized spacial score (nSPS) is 36.7. The van der Waals surface area contributed by atoms with E-state index >= 15 is 0 Å². The number of benzene rings is 1. The van der Waals surface area contributed by atoms with Gasteiger partial charge in [-0.25, -0.2) is 0 Å². The fraction of sp³-hybridized carbons (Fsp3) is 0.617. The van der Waals surface area contributed by atoms with Crippen LogP contribution >= 0.6 is 11.8 Å². The van der Waals surface area contributed by atoms with Gasteiger partial charge >= 0.3 is 0 Å². The molecule has 4 aliphatic carbocycles. The number of aliphatic hydroxyl groups excluding tert-OH is 2. The number of carbonyl (C=O) groups is 2. The van der Waals surface area contributed by atoms with Gasteiger partial charge in [0.2, 0.25) is 5.91 Å². The smallest absolute Gasteiger partial charge is 0.246 e. The highest BCUT2D eigenvalue weighted by atomic mass is 32.2. The maximum atomic E-state index is 14.9. The molecule has 2 saturated carbocycles. The second-order valence-corrected chi connectivity index (χ2v) is 20.9. The van der Waals surface area contributed by atoms with Crippen molar-refractivity contribution in [1.82, 2.24) is 9.88 Å². The molecular weight excluding hydrogens is 705 g/mol. The number of nitrogens with one attached hydrogen (secondary N) is 1. The lowest BCUT2D eigenvalue weighted by molar-refractivity contribution is -0.144. The quantitative estimate of drug-likeness (QED) is 0.107. The van der Waals surface area contributed by atoms with Gasteiger partial charge < -0.3 is 24.8 Å². The van der Waals surface area contributed by atoms with Gasteiger partial charge in [-0.1, -0.05) is 58.1 Å². The first kappa shape index (κ1) is 38.9. The average molecular weight is 767 g/mol. The van der Waals surface area contributed by atoms with Crippen LogP contribution in [0.4, 0.5) is 0 Å². The van der Waals surface area contributed by atoms with Crippen molar-refractivity contribution < 1.29 is 24.5 Å². The number of allylic oxidation sites excluding steroid dienone is 3. The van der Waals surface area contributed by atoms with Gasteiger partial charge in [0.15, 0.2) is 5.78 Å². The number of ether oxygens (including phenoxy) is 1. The minimum Gasteiger partial charge on any atom is -0.392 e. The van der Waals surface area contributed by atoms with Crippen LogP contribution in [0.3, 0.4) is 0 Å². The fourth-order valence-electron chi connectivity index (χ4n) is 13.1. The molecule has 296 valence electrons. The Bertz CT molecular complexity index is 2120. The molecule has 1 aromatic carbocycles. The Morgan fingerprint density at radius 2 is 1.84 bits per heavy atom. The van der Waals surface area contributed by atoms with Crippen LogP contribution in [0, 0.1) is 28.6 Å². The maximum absolute atomic E-state index is 14.9. The zero-order valence-electron chi connectivity index (χ0n) is 34.7. The highest BCUT2D eigenvalue weighted by Crippen LogP contribution is 2.71. The maximum Gasteiger partial charge on any atom is 0.246 e. The predicted octanol–water partition coefficient (Wildman–Crippen LogP) is 8.97. The molecule has 1 amide bonds. The van der Waals surface area contributed by atoms with Crippen molar-refractivity contribution in [3.05, 3.63) is 76.0 Å². The van der Waals surface area contributed by atoms with Gasteiger partial charge in [0.1, 0.15) is 6.04 Å². The standard InChI is InChI=1S/C47H62N2O5S/c1-12-55-21-20-48-42(53)26(4)14-13-18-45(9)32-16-15-27-22-30-29-23-28-31-24-43(5,6)54-44(7,8)36(31)39(51)34(28)35-38(29)49(37(25(2)3)40(35)52)41(30)47(27,11)46(32,10)19-17-33(45)50/h13-14,18,23-24,27,32-33,36-37,39,50-51H,2,12,15-17,19-22H2,1,3-11H3,(H,48,53)/b18-13+,26-14+. The largest absolute Gasteiger partial charge is 0.392 e. The Kier molecular flexibility index (Phi) is 9.06. The highest BCUT2D eigenvalue weighted by molar-refractivity contribution is 7.99. The minimum atomic E-state index is -0.853. The van der Waals surface area contributed by atoms with E-state index in [0.717, 1.165) is 70.4 Å². The molecule has 9 unspecified atom stereocenters. The summed E-state index contributed by atoms with van der Waals surface area (Å²) in [4.78, 5) is 27.8. The van der Waals surface area contributed by atoms with Crippen LogP contribution < -0.4 is 5.32 Å². The Morgan fingerprint density at radius 1 is 1.11 bits per heavy atom. The summed E-state index contributed by atoms with van der Waals surface area (Å²) in [7, 11) is 0. The van der Waals surface area contributed by atoms with Crippen molar-refractivity contribution in [2.45, 2.75) is 136 Å². The molecule has 0 spiro atoms. The fourth-order valence-corrected chi connectivity index (χ4v) is 13.6. The number of hydrogen-bond donors (Lipinski definition) is 3. The number of aliphatic hydroxyl groups is 2. The summed E-state index contributed by atoms with van der Waals surface area (Å²) >= 11 is 1.81. The lowest BCUT2D eigenvalue weighted by Gasteiger charge is -2.64. The predicted molar refractivity (Wildman–Crippen MR) is 223 cm³/mol. The molecule has 2 fully saturated rings. The van der Waals surface area contributed by atoms with Crippen LogP contribution in [0.5, 0.6) is 0 Å². The number of carbonyl (C=O) groups excluding carboxylic acids is 2. The number of amides is 1. The van der Waals surface area contributed by atoms with Gasteiger partial charge in [-0.2, -0.15) is 11.8 Å². The van der Waals surface area contributed by atoms with Gasteiger partial charge in [0, 0.05) is 51.3 Å². The highest BCUT2D eigenvalue weighted by Gasteiger charge is 2.67. The van der Waals surface area contributed by atoms with E-state index in [1.807, 2.05) is 37.8 Å². The zero-order valence-corrected chi connectivity index (χ0v) is 35.5. The van der Waals surface area contributed by atoms with Crippen molar-refractivity contribution in [2.24, 2.45) is 28.6 Å². The van der Waals surface area contributed by atoms with E-state index in [0.29, 0.717) is 30.0 Å². The van der Waals surface area contributed by atoms with E-state index in [-0.39, 0.29) is 34.4 Å². The van der Waals surface area contributed by atoms with E-state index in [2.05, 4.69) is 90.1 Å². The Hall–Kier alpha value is -2.91. The summed E-state index contributed by atoms with van der Waals surface area (Å²) in [6, 6.07) is 1.78. The second kappa shape index (κ2) is 12.8. The molecule has 1 aromatic heterocycles. The molecule has 2 aliphatic heterocycles. The molecule has 8 rings (SSSR count). The third kappa shape index (κ3) is 5.25. The number of nitrogens with zero attached hydrogens (tertiary/aromatic N) is 1. The van der Waals surface area contributed by atoms with Crippen molar-refractivity contribution in [1.29, 1.82) is 0 Å². The van der Waals surface area contributed by atoms with Crippen LogP contribution in [0.1, 0.15) is 140 Å². The molecule has 8 heteroatoms. The van der Waals surface area contributed by atoms with Crippen LogP contribution in [0.15, 0.2) is 48.1 Å². The number of thioether (sulfide) groups is 1. The molecule has 0 radical (unpaired) electrons. The monoisotopic (exact) mass is 766 g/mol. The van der Waals surface area contributed by atoms with Crippen LogP contribution in [-0.4, -0.2) is 61.8 Å². The lowest BCUT2D eigenvalue weighted by Crippen LogP contribution is -2.62. The molecule has 3 N–H and O–H groups in total. The summed E-state index contributed by atoms with van der Waals surface area (Å²) in [6.45, 7) is 26.4. The van der Waals surface area contributed by atoms with Crippen LogP contribution in [-0.2, 0) is 21.4 Å². The lowest BCUT2D eigenvalue weighted by atomic mass is 9.40. The third-order valence-corrected chi connectivity index (χ3v) is 16.4. The number of ketones is 1. The summed E-state index contributed by atoms with van der Waals surface area (Å²) in [5.41, 5.74) is 6.48. The molecule has 7 nitrogen and oxygen atoms in total. The van der Waals surface area contributed by atoms with E-state index in [1.54, 1.807) is 0 Å². The summed E-state index contributed by atoms with van der Waals surface area (Å²) < 4.78 is 8.92. The van der Waals surface area contributed by atoms with Crippen molar-refractivity contribution in [3.8, 4) is 0 Å². The SMILES string of the molecule is C=C(C)C1C(=O)c2c3c(cc4c5c(n1c24)C1(C)C(CCC2C(C)(/C=C/C=C(\C)C(=O)NCCSCC)C(O)CCC21C)C5)C1=CC(C)(C)OC(C)(C)C1C3O. The summed E-state index contributed by atoms with van der Waals surface area (Å²) in [6.07, 6.45) is 11.4. The molecule has 6 aliphatic rings. The molecule has 0 bridgehead atoms. The first-order valence-electron chi connectivity index (χ1n) is 20.7. The van der Waals surface area contributed by atoms with Gasteiger partial charge in [-0.15, -0.1) is 0 Å². The number of aromatic nitrogens is 1. The molecular formula is C47H62N2O5S. The minimum absolute atomic E-state index is 0.0372. The third-order valence-electron chi connectivity index (χ3n) is 15.5. The molecule has 0 saturated heterocycles. The van der Waals surface area contributed by atoms with Crippen LogP contribution in [0.2, 0.25) is 0 Å². The summed E-state index contributed by atoms with van der Waals surface area (Å²) in [5.74, 6) is 2.21. The van der Waals surface area contributed by atoms with Gasteiger partial charge in [0.25, 0.3) is 0 Å². The topological polar surface area (TPSA) is 101 Å². The van der Waals surface area contributed by atoms with Gasteiger partial charge in [-0.3, -0.25) is 9.59 Å². The average Bonchev–Trinajstić information content (AvgIpc) is 3.77. The second-order valence-electron chi connectivity index (χ2n) is 19.5. The Balaban J connectivity index is 1.25. The van der Waals surface area contributed by atoms with Crippen LogP contribution in [0.25, 0.3) is 16.5 Å². The number of Topliss-reactive ketones (excluding diaryl/α,β-unsaturated/α-hetero) is 1. The number of rotatable bonds is 8. The van der Waals surface area contributed by atoms with Crippen molar-refractivity contribution in [3.63, 3.8) is 0 Å². The first-order chi connectivity index (χ1) is 25.7. The zero-order chi connectivity index (χ0) is 39.8. The molecule has 9 atom stereocenters. The van der Waals surface area contributed by atoms with Gasteiger partial charge in [0.05, 0.1) is 34.5 Å². The number of hydrogen-bond acceptors (Lipinski definition) is 6. The first-order valence-corrected chi connectivity index (χ1v) is 21.9. The Labute approximate surface area is 332 Å². The van der Waals surface area contributed by atoms with Crippen molar-refractivity contribution >= 4 is 39.9 Å².